The number of benzene rings is 1. The lowest BCUT2D eigenvalue weighted by molar-refractivity contribution is 0.481. The lowest BCUT2D eigenvalue weighted by Gasteiger charge is -2.14. The molecule has 3 aromatic rings. The Morgan fingerprint density at radius 1 is 1.19 bits per heavy atom. The largest absolute Gasteiger partial charge is 0.338 e. The number of pyridine rings is 2. The van der Waals surface area contributed by atoms with Gasteiger partial charge in [-0.05, 0) is 49.6 Å². The van der Waals surface area contributed by atoms with E-state index in [0.717, 1.165) is 16.8 Å². The van der Waals surface area contributed by atoms with E-state index in [4.69, 9.17) is 11.3 Å². The van der Waals surface area contributed by atoms with E-state index in [1.54, 1.807) is 37.4 Å². The first-order valence-corrected chi connectivity index (χ1v) is 9.41. The van der Waals surface area contributed by atoms with Gasteiger partial charge in [0, 0.05) is 23.7 Å². The number of hydrogen-bond donors (Lipinski definition) is 3. The number of nitrogen functional groups attached to an aromatic ring is 1. The molecule has 0 amide bonds. The summed E-state index contributed by atoms with van der Waals surface area (Å²) in [5.74, 6) is 5.74. The Hall–Kier alpha value is -2.71. The van der Waals surface area contributed by atoms with Crippen LogP contribution in [-0.4, -0.2) is 22.6 Å². The predicted molar refractivity (Wildman–Crippen MR) is 99.0 cm³/mol. The minimum Gasteiger partial charge on any atom is -0.338 e. The highest BCUT2D eigenvalue weighted by molar-refractivity contribution is 7.86. The summed E-state index contributed by atoms with van der Waals surface area (Å²) in [5, 5.41) is 8.68. The molecule has 1 aromatic carbocycles. The maximum atomic E-state index is 11.9. The third-order valence-corrected chi connectivity index (χ3v) is 5.49. The summed E-state index contributed by atoms with van der Waals surface area (Å²) in [6, 6.07) is 6.99. The van der Waals surface area contributed by atoms with Gasteiger partial charge in [-0.1, -0.05) is 17.7 Å². The molecule has 136 valence electrons. The van der Waals surface area contributed by atoms with Crippen LogP contribution in [0.1, 0.15) is 27.9 Å². The number of rotatable bonds is 3. The summed E-state index contributed by atoms with van der Waals surface area (Å²) in [6.07, 6.45) is 1.84. The zero-order chi connectivity index (χ0) is 19.2. The fraction of sp³-hybridized carbons (Fsp3) is 0.222. The summed E-state index contributed by atoms with van der Waals surface area (Å²) in [7, 11) is -4.35. The quantitative estimate of drug-likeness (QED) is 0.479. The Balaban J connectivity index is 2.23. The van der Waals surface area contributed by atoms with Crippen molar-refractivity contribution < 1.29 is 13.0 Å². The van der Waals surface area contributed by atoms with Gasteiger partial charge in [0.25, 0.3) is 10.1 Å². The minimum absolute atomic E-state index is 0.0735. The van der Waals surface area contributed by atoms with Crippen LogP contribution in [0.2, 0.25) is 0 Å². The first-order chi connectivity index (χ1) is 12.1. The molecule has 2 heterocycles. The van der Waals surface area contributed by atoms with Crippen LogP contribution in [0, 0.1) is 26.2 Å². The lowest BCUT2D eigenvalue weighted by atomic mass is 9.99. The molecule has 8 heteroatoms. The number of nitrogens with two attached hydrogens (primary N) is 1. The second-order valence-electron chi connectivity index (χ2n) is 6.46. The highest BCUT2D eigenvalue weighted by Crippen LogP contribution is 2.26. The summed E-state index contributed by atoms with van der Waals surface area (Å²) >= 11 is 0. The summed E-state index contributed by atoms with van der Waals surface area (Å²) < 4.78 is 34.6. The fourth-order valence-corrected chi connectivity index (χ4v) is 4.20. The van der Waals surface area contributed by atoms with Gasteiger partial charge in [-0.2, -0.15) is 8.42 Å². The van der Waals surface area contributed by atoms with Gasteiger partial charge in [0.05, 0.1) is 5.52 Å². The Labute approximate surface area is 151 Å². The summed E-state index contributed by atoms with van der Waals surface area (Å²) in [5.41, 5.74) is 4.16. The standard InChI is InChI=1S/C18H20N4O3S/c1-10-6-11(2)17(26(23,24)25)14(7-10)8-13-9-15-16(21-12(13)3)4-5-22(20)18(15)19/h4-7,9,19H,8,20H2,1-3H3,(H,23,24,25). The number of nitrogens with one attached hydrogen (secondary N) is 1. The Kier molecular flexibility index (Phi) is 4.33. The highest BCUT2D eigenvalue weighted by Gasteiger charge is 2.20. The number of aromatic nitrogens is 2. The molecule has 0 atom stereocenters. The van der Waals surface area contributed by atoms with Crippen molar-refractivity contribution in [2.75, 3.05) is 5.84 Å². The molecule has 0 aliphatic rings. The highest BCUT2D eigenvalue weighted by atomic mass is 32.2. The molecule has 0 unspecified atom stereocenters. The van der Waals surface area contributed by atoms with Gasteiger partial charge in [0.15, 0.2) is 5.49 Å². The lowest BCUT2D eigenvalue weighted by Crippen LogP contribution is -2.26. The molecule has 0 aliphatic heterocycles. The maximum Gasteiger partial charge on any atom is 0.295 e. The fourth-order valence-electron chi connectivity index (χ4n) is 3.27. The van der Waals surface area contributed by atoms with Crippen molar-refractivity contribution in [2.45, 2.75) is 32.1 Å². The molecule has 2 aromatic heterocycles. The van der Waals surface area contributed by atoms with Gasteiger partial charge in [0.2, 0.25) is 0 Å². The van der Waals surface area contributed by atoms with Crippen molar-refractivity contribution >= 4 is 21.0 Å². The third-order valence-electron chi connectivity index (χ3n) is 4.39. The van der Waals surface area contributed by atoms with Crippen LogP contribution in [0.3, 0.4) is 0 Å². The molecule has 0 spiro atoms. The number of fused-ring (bicyclic) bond motifs is 1. The van der Waals surface area contributed by atoms with Crippen molar-refractivity contribution in [3.05, 3.63) is 63.9 Å². The van der Waals surface area contributed by atoms with Crippen molar-refractivity contribution in [1.29, 1.82) is 5.41 Å². The molecular weight excluding hydrogens is 352 g/mol. The van der Waals surface area contributed by atoms with Gasteiger partial charge >= 0.3 is 0 Å². The number of aryl methyl sites for hydroxylation is 3. The van der Waals surface area contributed by atoms with E-state index in [1.807, 2.05) is 13.8 Å². The molecule has 26 heavy (non-hydrogen) atoms. The van der Waals surface area contributed by atoms with E-state index in [1.165, 1.54) is 4.68 Å². The second-order valence-corrected chi connectivity index (χ2v) is 7.82. The molecule has 0 aliphatic carbocycles. The van der Waals surface area contributed by atoms with Crippen molar-refractivity contribution in [3.8, 4) is 0 Å². The summed E-state index contributed by atoms with van der Waals surface area (Å²) in [4.78, 5) is 4.44. The molecule has 0 radical (unpaired) electrons. The Morgan fingerprint density at radius 2 is 1.88 bits per heavy atom. The molecule has 0 bridgehead atoms. The topological polar surface area (TPSA) is 122 Å². The van der Waals surface area contributed by atoms with Crippen LogP contribution in [0.15, 0.2) is 35.4 Å². The molecule has 0 fully saturated rings. The first kappa shape index (κ1) is 18.1. The average Bonchev–Trinajstić information content (AvgIpc) is 2.50. The maximum absolute atomic E-state index is 11.9. The second kappa shape index (κ2) is 6.22. The van der Waals surface area contributed by atoms with Gasteiger partial charge in [-0.15, -0.1) is 0 Å². The third kappa shape index (κ3) is 3.21. The van der Waals surface area contributed by atoms with E-state index in [2.05, 4.69) is 4.98 Å². The molecule has 3 rings (SSSR count). The summed E-state index contributed by atoms with van der Waals surface area (Å²) in [6.45, 7) is 5.36. The van der Waals surface area contributed by atoms with E-state index in [-0.39, 0.29) is 16.8 Å². The monoisotopic (exact) mass is 372 g/mol. The van der Waals surface area contributed by atoms with Crippen molar-refractivity contribution in [2.24, 2.45) is 0 Å². The zero-order valence-corrected chi connectivity index (χ0v) is 15.6. The molecular formula is C18H20N4O3S. The van der Waals surface area contributed by atoms with Crippen LogP contribution < -0.4 is 11.3 Å². The van der Waals surface area contributed by atoms with Crippen LogP contribution >= 0.6 is 0 Å². The molecule has 7 nitrogen and oxygen atoms in total. The van der Waals surface area contributed by atoms with Gasteiger partial charge in [-0.25, -0.2) is 0 Å². The minimum atomic E-state index is -4.35. The van der Waals surface area contributed by atoms with Gasteiger partial charge in [-0.3, -0.25) is 19.6 Å². The first-order valence-electron chi connectivity index (χ1n) is 7.97. The number of hydrogen-bond acceptors (Lipinski definition) is 5. The molecule has 0 saturated heterocycles. The van der Waals surface area contributed by atoms with Crippen LogP contribution in [0.5, 0.6) is 0 Å². The van der Waals surface area contributed by atoms with E-state index in [9.17, 15) is 13.0 Å². The zero-order valence-electron chi connectivity index (χ0n) is 14.7. The Morgan fingerprint density at radius 3 is 2.54 bits per heavy atom. The Bertz CT molecular complexity index is 1200. The van der Waals surface area contributed by atoms with Crippen molar-refractivity contribution in [1.82, 2.24) is 9.66 Å². The van der Waals surface area contributed by atoms with E-state index in [0.29, 0.717) is 22.0 Å². The van der Waals surface area contributed by atoms with Crippen LogP contribution in [-0.2, 0) is 16.5 Å². The van der Waals surface area contributed by atoms with Crippen LogP contribution in [0.25, 0.3) is 10.9 Å². The molecule has 0 saturated carbocycles. The smallest absolute Gasteiger partial charge is 0.295 e. The van der Waals surface area contributed by atoms with Crippen LogP contribution in [0.4, 0.5) is 0 Å². The van der Waals surface area contributed by atoms with Crippen molar-refractivity contribution in [3.63, 3.8) is 0 Å². The number of nitrogens with zero attached hydrogens (tertiary/aromatic N) is 2. The van der Waals surface area contributed by atoms with E-state index < -0.39 is 10.1 Å². The van der Waals surface area contributed by atoms with Gasteiger partial charge in [0.1, 0.15) is 4.90 Å². The average molecular weight is 372 g/mol. The van der Waals surface area contributed by atoms with Gasteiger partial charge < -0.3 is 5.84 Å². The van der Waals surface area contributed by atoms with E-state index >= 15 is 0 Å². The predicted octanol–water partition coefficient (Wildman–Crippen LogP) is 1.99. The normalized spacial score (nSPS) is 11.8. The molecule has 4 N–H and O–H groups in total. The SMILES string of the molecule is Cc1cc(C)c(S(=O)(=O)O)c(Cc2cc3c(=N)n(N)ccc3nc2C)c1.